The molecule has 22 heavy (non-hydrogen) atoms. The van der Waals surface area contributed by atoms with Crippen LogP contribution < -0.4 is 10.6 Å². The van der Waals surface area contributed by atoms with Crippen molar-refractivity contribution >= 4 is 29.3 Å². The predicted molar refractivity (Wildman–Crippen MR) is 82.9 cm³/mol. The fourth-order valence-corrected chi connectivity index (χ4v) is 2.26. The fraction of sp³-hybridized carbons (Fsp3) is 0.200. The molecule has 1 heterocycles. The fourth-order valence-electron chi connectivity index (χ4n) is 1.62. The van der Waals surface area contributed by atoms with Gasteiger partial charge >= 0.3 is 0 Å². The monoisotopic (exact) mass is 322 g/mol. The molecule has 0 fully saturated rings. The Balaban J connectivity index is 1.62. The quantitative estimate of drug-likeness (QED) is 0.821. The summed E-state index contributed by atoms with van der Waals surface area (Å²) in [5.74, 6) is 0.225. The van der Waals surface area contributed by atoms with Crippen LogP contribution >= 0.6 is 11.8 Å². The van der Waals surface area contributed by atoms with E-state index in [2.05, 4.69) is 10.6 Å². The summed E-state index contributed by atoms with van der Waals surface area (Å²) in [5, 5.41) is 5.31. The molecule has 7 heteroatoms. The minimum atomic E-state index is -0.361. The van der Waals surface area contributed by atoms with E-state index in [0.717, 1.165) is 0 Å². The smallest absolute Gasteiger partial charge is 0.234 e. The largest absolute Gasteiger partial charge is 0.467 e. The Morgan fingerprint density at radius 1 is 1.09 bits per heavy atom. The zero-order chi connectivity index (χ0) is 15.8. The summed E-state index contributed by atoms with van der Waals surface area (Å²) in [6, 6.07) is 9.01. The van der Waals surface area contributed by atoms with Crippen LogP contribution in [0.1, 0.15) is 5.76 Å². The summed E-state index contributed by atoms with van der Waals surface area (Å²) in [6.07, 6.45) is 1.54. The Morgan fingerprint density at radius 2 is 1.82 bits per heavy atom. The first-order chi connectivity index (χ1) is 10.6. The van der Waals surface area contributed by atoms with Crippen LogP contribution in [0.2, 0.25) is 0 Å². The minimum absolute atomic E-state index is 0.144. The van der Waals surface area contributed by atoms with Crippen molar-refractivity contribution in [2.24, 2.45) is 0 Å². The van der Waals surface area contributed by atoms with Gasteiger partial charge in [0, 0.05) is 5.69 Å². The van der Waals surface area contributed by atoms with E-state index in [1.165, 1.54) is 42.3 Å². The van der Waals surface area contributed by atoms with Gasteiger partial charge in [0.2, 0.25) is 11.8 Å². The van der Waals surface area contributed by atoms with Crippen molar-refractivity contribution in [3.63, 3.8) is 0 Å². The normalized spacial score (nSPS) is 10.2. The number of rotatable bonds is 7. The molecule has 0 unspecified atom stereocenters. The lowest BCUT2D eigenvalue weighted by Crippen LogP contribution is -2.25. The van der Waals surface area contributed by atoms with Gasteiger partial charge < -0.3 is 15.1 Å². The lowest BCUT2D eigenvalue weighted by molar-refractivity contribution is -0.118. The van der Waals surface area contributed by atoms with Crippen molar-refractivity contribution in [1.29, 1.82) is 0 Å². The van der Waals surface area contributed by atoms with Crippen molar-refractivity contribution in [2.75, 3.05) is 16.8 Å². The molecule has 1 aromatic heterocycles. The molecule has 0 saturated heterocycles. The van der Waals surface area contributed by atoms with Gasteiger partial charge in [-0.2, -0.15) is 0 Å². The molecular formula is C15H15FN2O3S. The molecule has 0 radical (unpaired) electrons. The molecule has 0 atom stereocenters. The number of nitrogens with one attached hydrogen (secondary N) is 2. The molecule has 2 aromatic rings. The molecule has 0 saturated carbocycles. The molecule has 0 spiro atoms. The third kappa shape index (κ3) is 5.61. The summed E-state index contributed by atoms with van der Waals surface area (Å²) in [5.41, 5.74) is 0.522. The van der Waals surface area contributed by atoms with E-state index in [9.17, 15) is 14.0 Å². The topological polar surface area (TPSA) is 71.3 Å². The zero-order valence-electron chi connectivity index (χ0n) is 11.7. The number of furan rings is 1. The maximum absolute atomic E-state index is 12.7. The summed E-state index contributed by atoms with van der Waals surface area (Å²) in [4.78, 5) is 23.2. The number of hydrogen-bond donors (Lipinski definition) is 2. The SMILES string of the molecule is O=C(CSCC(=O)Nc1ccc(F)cc1)NCc1ccco1. The number of benzene rings is 1. The van der Waals surface area contributed by atoms with E-state index in [1.807, 2.05) is 0 Å². The Bertz CT molecular complexity index is 614. The molecule has 2 amide bonds. The highest BCUT2D eigenvalue weighted by molar-refractivity contribution is 8.00. The first-order valence-corrected chi connectivity index (χ1v) is 7.71. The third-order valence-electron chi connectivity index (χ3n) is 2.63. The average molecular weight is 322 g/mol. The lowest BCUT2D eigenvalue weighted by Gasteiger charge is -2.05. The molecule has 5 nitrogen and oxygen atoms in total. The van der Waals surface area contributed by atoms with Crippen LogP contribution in [0.25, 0.3) is 0 Å². The number of anilines is 1. The number of carbonyl (C=O) groups is 2. The minimum Gasteiger partial charge on any atom is -0.467 e. The number of halogens is 1. The summed E-state index contributed by atoms with van der Waals surface area (Å²) in [6.45, 7) is 0.328. The highest BCUT2D eigenvalue weighted by Gasteiger charge is 2.06. The Hall–Kier alpha value is -2.28. The van der Waals surface area contributed by atoms with Gasteiger partial charge in [-0.25, -0.2) is 4.39 Å². The van der Waals surface area contributed by atoms with Crippen LogP contribution in [-0.2, 0) is 16.1 Å². The molecule has 1 aromatic carbocycles. The highest BCUT2D eigenvalue weighted by Crippen LogP contribution is 2.09. The third-order valence-corrected chi connectivity index (χ3v) is 3.57. The van der Waals surface area contributed by atoms with E-state index >= 15 is 0 Å². The van der Waals surface area contributed by atoms with Crippen LogP contribution in [0.15, 0.2) is 47.1 Å². The van der Waals surface area contributed by atoms with Crippen molar-refractivity contribution in [3.8, 4) is 0 Å². The molecule has 0 aliphatic rings. The van der Waals surface area contributed by atoms with Gasteiger partial charge in [0.25, 0.3) is 0 Å². The van der Waals surface area contributed by atoms with Gasteiger partial charge in [-0.1, -0.05) is 0 Å². The number of amides is 2. The number of carbonyl (C=O) groups excluding carboxylic acids is 2. The Labute approximate surface area is 131 Å². The van der Waals surface area contributed by atoms with Gasteiger partial charge in [-0.05, 0) is 36.4 Å². The molecule has 116 valence electrons. The van der Waals surface area contributed by atoms with E-state index in [1.54, 1.807) is 12.1 Å². The van der Waals surface area contributed by atoms with Crippen molar-refractivity contribution in [1.82, 2.24) is 5.32 Å². The second kappa shape index (κ2) is 8.23. The van der Waals surface area contributed by atoms with Crippen molar-refractivity contribution < 1.29 is 18.4 Å². The number of hydrogen-bond acceptors (Lipinski definition) is 4. The summed E-state index contributed by atoms with van der Waals surface area (Å²) in [7, 11) is 0. The van der Waals surface area contributed by atoms with E-state index < -0.39 is 0 Å². The molecule has 2 rings (SSSR count). The predicted octanol–water partition coefficient (Wildman–Crippen LogP) is 2.41. The van der Waals surface area contributed by atoms with E-state index in [4.69, 9.17) is 4.42 Å². The highest BCUT2D eigenvalue weighted by atomic mass is 32.2. The van der Waals surface area contributed by atoms with Crippen molar-refractivity contribution in [3.05, 3.63) is 54.2 Å². The average Bonchev–Trinajstić information content (AvgIpc) is 3.01. The standard InChI is InChI=1S/C15H15FN2O3S/c16-11-3-5-12(6-4-11)18-15(20)10-22-9-14(19)17-8-13-2-1-7-21-13/h1-7H,8-10H2,(H,17,19)(H,18,20). The van der Waals surface area contributed by atoms with Crippen LogP contribution in [0.5, 0.6) is 0 Å². The molecule has 2 N–H and O–H groups in total. The van der Waals surface area contributed by atoms with Gasteiger partial charge in [-0.15, -0.1) is 11.8 Å². The second-order valence-corrected chi connectivity index (χ2v) is 5.39. The zero-order valence-corrected chi connectivity index (χ0v) is 12.5. The summed E-state index contributed by atoms with van der Waals surface area (Å²) >= 11 is 1.20. The van der Waals surface area contributed by atoms with Gasteiger partial charge in [0.15, 0.2) is 0 Å². The van der Waals surface area contributed by atoms with Crippen LogP contribution in [-0.4, -0.2) is 23.3 Å². The van der Waals surface area contributed by atoms with E-state index in [-0.39, 0.29) is 29.1 Å². The Morgan fingerprint density at radius 3 is 2.50 bits per heavy atom. The first-order valence-electron chi connectivity index (χ1n) is 6.56. The van der Waals surface area contributed by atoms with Crippen LogP contribution in [0.4, 0.5) is 10.1 Å². The maximum atomic E-state index is 12.7. The second-order valence-electron chi connectivity index (χ2n) is 4.40. The molecule has 0 aliphatic heterocycles. The first kappa shape index (κ1) is 16.1. The maximum Gasteiger partial charge on any atom is 0.234 e. The van der Waals surface area contributed by atoms with E-state index in [0.29, 0.717) is 18.0 Å². The lowest BCUT2D eigenvalue weighted by atomic mass is 10.3. The molecular weight excluding hydrogens is 307 g/mol. The molecule has 0 aliphatic carbocycles. The van der Waals surface area contributed by atoms with Crippen LogP contribution in [0, 0.1) is 5.82 Å². The molecule has 0 bridgehead atoms. The van der Waals surface area contributed by atoms with Crippen LogP contribution in [0.3, 0.4) is 0 Å². The van der Waals surface area contributed by atoms with Gasteiger partial charge in [0.05, 0.1) is 24.3 Å². The van der Waals surface area contributed by atoms with Gasteiger partial charge in [0.1, 0.15) is 11.6 Å². The van der Waals surface area contributed by atoms with Gasteiger partial charge in [-0.3, -0.25) is 9.59 Å². The van der Waals surface area contributed by atoms with Crippen molar-refractivity contribution in [2.45, 2.75) is 6.54 Å². The number of thioether (sulfide) groups is 1. The Kier molecular flexibility index (Phi) is 6.02. The summed E-state index contributed by atoms with van der Waals surface area (Å²) < 4.78 is 17.8.